The summed E-state index contributed by atoms with van der Waals surface area (Å²) in [5, 5.41) is 3.59. The largest absolute Gasteiger partial charge is 0.493 e. The van der Waals surface area contributed by atoms with Gasteiger partial charge in [0.15, 0.2) is 0 Å². The first kappa shape index (κ1) is 19.3. The molecule has 6 nitrogen and oxygen atoms in total. The van der Waals surface area contributed by atoms with Gasteiger partial charge in [-0.15, -0.1) is 0 Å². The maximum absolute atomic E-state index is 12.8. The number of hydrogen-bond acceptors (Lipinski definition) is 4. The van der Waals surface area contributed by atoms with Crippen LogP contribution in [0.3, 0.4) is 0 Å². The van der Waals surface area contributed by atoms with E-state index in [1.807, 2.05) is 0 Å². The van der Waals surface area contributed by atoms with E-state index < -0.39 is 0 Å². The zero-order valence-electron chi connectivity index (χ0n) is 16.3. The first-order valence-electron chi connectivity index (χ1n) is 9.84. The molecular formula is C24H17ClN2O4. The number of anilines is 1. The number of nitrogens with one attached hydrogen (secondary N) is 1. The van der Waals surface area contributed by atoms with Crippen molar-refractivity contribution in [1.29, 1.82) is 0 Å². The number of imide groups is 1. The third kappa shape index (κ3) is 3.35. The van der Waals surface area contributed by atoms with E-state index in [4.69, 9.17) is 16.3 Å². The molecule has 7 heteroatoms. The molecule has 0 aliphatic carbocycles. The highest BCUT2D eigenvalue weighted by atomic mass is 35.5. The van der Waals surface area contributed by atoms with E-state index >= 15 is 0 Å². The number of nitrogens with zero attached hydrogens (tertiary/aromatic N) is 1. The molecule has 0 radical (unpaired) electrons. The van der Waals surface area contributed by atoms with Gasteiger partial charge in [-0.05, 0) is 54.6 Å². The number of amides is 3. The summed E-state index contributed by atoms with van der Waals surface area (Å²) in [4.78, 5) is 39.2. The number of fused-ring (bicyclic) bond motifs is 2. The summed E-state index contributed by atoms with van der Waals surface area (Å²) >= 11 is 6.10. The minimum atomic E-state index is -0.367. The molecule has 5 rings (SSSR count). The second-order valence-electron chi connectivity index (χ2n) is 7.38. The van der Waals surface area contributed by atoms with E-state index in [0.29, 0.717) is 46.2 Å². The Balaban J connectivity index is 1.35. The molecule has 0 aromatic heterocycles. The van der Waals surface area contributed by atoms with Crippen LogP contribution in [0.5, 0.6) is 5.75 Å². The van der Waals surface area contributed by atoms with Crippen molar-refractivity contribution in [3.63, 3.8) is 0 Å². The van der Waals surface area contributed by atoms with Gasteiger partial charge in [-0.2, -0.15) is 0 Å². The van der Waals surface area contributed by atoms with Crippen LogP contribution in [0.25, 0.3) is 0 Å². The van der Waals surface area contributed by atoms with Crippen LogP contribution in [-0.2, 0) is 0 Å². The highest BCUT2D eigenvalue weighted by molar-refractivity contribution is 6.34. The summed E-state index contributed by atoms with van der Waals surface area (Å²) in [7, 11) is 0. The van der Waals surface area contributed by atoms with Gasteiger partial charge in [0.25, 0.3) is 17.7 Å². The zero-order chi connectivity index (χ0) is 21.5. The van der Waals surface area contributed by atoms with Crippen LogP contribution in [0.15, 0.2) is 66.7 Å². The first-order chi connectivity index (χ1) is 15.0. The van der Waals surface area contributed by atoms with E-state index in [-0.39, 0.29) is 23.8 Å². The average molecular weight is 433 g/mol. The van der Waals surface area contributed by atoms with Crippen molar-refractivity contribution in [3.05, 3.63) is 94.0 Å². The summed E-state index contributed by atoms with van der Waals surface area (Å²) in [5.41, 5.74) is 2.45. The Labute approximate surface area is 183 Å². The van der Waals surface area contributed by atoms with Crippen molar-refractivity contribution in [2.75, 3.05) is 11.5 Å². The Hall–Kier alpha value is -3.64. The second-order valence-corrected chi connectivity index (χ2v) is 7.82. The molecule has 3 aromatic rings. The van der Waals surface area contributed by atoms with Crippen molar-refractivity contribution < 1.29 is 19.1 Å². The molecule has 3 aromatic carbocycles. The Morgan fingerprint density at radius 1 is 0.968 bits per heavy atom. The van der Waals surface area contributed by atoms with Crippen molar-refractivity contribution in [3.8, 4) is 5.75 Å². The molecule has 1 N–H and O–H groups in total. The van der Waals surface area contributed by atoms with Crippen LogP contribution < -0.4 is 15.0 Å². The predicted octanol–water partition coefficient (Wildman–Crippen LogP) is 4.39. The van der Waals surface area contributed by atoms with Crippen molar-refractivity contribution in [2.45, 2.75) is 12.5 Å². The standard InChI is InChI=1S/C24H17ClN2O4/c25-15-7-10-21-19(13-15)20(11-12-31-21)26-22(28)14-5-8-16(9-6-14)27-23(29)17-3-1-2-4-18(17)24(27)30/h1-10,13,20H,11-12H2,(H,26,28). The van der Waals surface area contributed by atoms with E-state index in [1.165, 1.54) is 0 Å². The lowest BCUT2D eigenvalue weighted by Crippen LogP contribution is -2.32. The van der Waals surface area contributed by atoms with Gasteiger partial charge in [0.05, 0.1) is 29.5 Å². The Bertz CT molecular complexity index is 1190. The van der Waals surface area contributed by atoms with Crippen molar-refractivity contribution in [2.24, 2.45) is 0 Å². The molecular weight excluding hydrogens is 416 g/mol. The maximum Gasteiger partial charge on any atom is 0.266 e. The van der Waals surface area contributed by atoms with E-state index in [1.54, 1.807) is 66.7 Å². The van der Waals surface area contributed by atoms with E-state index in [9.17, 15) is 14.4 Å². The van der Waals surface area contributed by atoms with E-state index in [2.05, 4.69) is 5.32 Å². The number of carbonyl (C=O) groups excluding carboxylic acids is 3. The molecule has 0 saturated carbocycles. The van der Waals surface area contributed by atoms with Gasteiger partial charge in [-0.25, -0.2) is 4.90 Å². The maximum atomic E-state index is 12.8. The lowest BCUT2D eigenvalue weighted by Gasteiger charge is -2.27. The van der Waals surface area contributed by atoms with Crippen LogP contribution in [-0.4, -0.2) is 24.3 Å². The Morgan fingerprint density at radius 3 is 2.32 bits per heavy atom. The summed E-state index contributed by atoms with van der Waals surface area (Å²) in [5.74, 6) is -0.282. The van der Waals surface area contributed by atoms with Gasteiger partial charge in [-0.1, -0.05) is 23.7 Å². The molecule has 0 saturated heterocycles. The van der Waals surface area contributed by atoms with Crippen LogP contribution in [0, 0.1) is 0 Å². The summed E-state index contributed by atoms with van der Waals surface area (Å²) < 4.78 is 5.64. The van der Waals surface area contributed by atoms with Gasteiger partial charge >= 0.3 is 0 Å². The summed E-state index contributed by atoms with van der Waals surface area (Å²) in [6.45, 7) is 0.498. The lowest BCUT2D eigenvalue weighted by molar-refractivity contribution is 0.0915. The minimum Gasteiger partial charge on any atom is -0.493 e. The molecule has 0 spiro atoms. The molecule has 0 bridgehead atoms. The SMILES string of the molecule is O=C(NC1CCOc2ccc(Cl)cc21)c1ccc(N2C(=O)c3ccccc3C2=O)cc1. The summed E-state index contributed by atoms with van der Waals surface area (Å²) in [6.07, 6.45) is 0.631. The second kappa shape index (κ2) is 7.56. The molecule has 3 amide bonds. The third-order valence-corrected chi connectivity index (χ3v) is 5.73. The summed E-state index contributed by atoms with van der Waals surface area (Å²) in [6, 6.07) is 18.3. The highest BCUT2D eigenvalue weighted by Crippen LogP contribution is 2.34. The third-order valence-electron chi connectivity index (χ3n) is 5.50. The van der Waals surface area contributed by atoms with Crippen molar-refractivity contribution in [1.82, 2.24) is 5.32 Å². The molecule has 2 heterocycles. The van der Waals surface area contributed by atoms with Crippen LogP contribution >= 0.6 is 11.6 Å². The molecule has 154 valence electrons. The topological polar surface area (TPSA) is 75.7 Å². The fraction of sp³-hybridized carbons (Fsp3) is 0.125. The molecule has 31 heavy (non-hydrogen) atoms. The molecule has 0 fully saturated rings. The zero-order valence-corrected chi connectivity index (χ0v) is 17.1. The monoisotopic (exact) mass is 432 g/mol. The minimum absolute atomic E-state index is 0.217. The Morgan fingerprint density at radius 2 is 1.65 bits per heavy atom. The van der Waals surface area contributed by atoms with Gasteiger partial charge < -0.3 is 10.1 Å². The first-order valence-corrected chi connectivity index (χ1v) is 10.2. The number of benzene rings is 3. The molecule has 1 unspecified atom stereocenters. The number of carbonyl (C=O) groups is 3. The normalized spacial score (nSPS) is 17.1. The van der Waals surface area contributed by atoms with Gasteiger partial charge in [0.2, 0.25) is 0 Å². The number of ether oxygens (including phenoxy) is 1. The lowest BCUT2D eigenvalue weighted by atomic mass is 10.00. The van der Waals surface area contributed by atoms with Crippen LogP contribution in [0.4, 0.5) is 5.69 Å². The van der Waals surface area contributed by atoms with Gasteiger partial charge in [0.1, 0.15) is 5.75 Å². The average Bonchev–Trinajstić information content (AvgIpc) is 3.04. The van der Waals surface area contributed by atoms with Gasteiger partial charge in [-0.3, -0.25) is 14.4 Å². The number of halogens is 1. The van der Waals surface area contributed by atoms with Crippen molar-refractivity contribution >= 4 is 35.0 Å². The predicted molar refractivity (Wildman–Crippen MR) is 116 cm³/mol. The number of rotatable bonds is 3. The quantitative estimate of drug-likeness (QED) is 0.622. The van der Waals surface area contributed by atoms with E-state index in [0.717, 1.165) is 10.5 Å². The fourth-order valence-corrected chi connectivity index (χ4v) is 4.12. The highest BCUT2D eigenvalue weighted by Gasteiger charge is 2.36. The smallest absolute Gasteiger partial charge is 0.266 e. The Kier molecular flexibility index (Phi) is 4.71. The fourth-order valence-electron chi connectivity index (χ4n) is 3.94. The van der Waals surface area contributed by atoms with Crippen LogP contribution in [0.2, 0.25) is 5.02 Å². The molecule has 2 aliphatic heterocycles. The number of hydrogen-bond donors (Lipinski definition) is 1. The molecule has 1 atom stereocenters. The van der Waals surface area contributed by atoms with Crippen LogP contribution in [0.1, 0.15) is 49.1 Å². The van der Waals surface area contributed by atoms with Gasteiger partial charge in [0, 0.05) is 22.6 Å². The molecule has 2 aliphatic rings.